The molecule has 5 heteroatoms. The number of carbonyl (C=O) groups excluding carboxylic acids is 1. The Morgan fingerprint density at radius 3 is 2.71 bits per heavy atom. The second kappa shape index (κ2) is 6.96. The molecule has 0 aliphatic heterocycles. The van der Waals surface area contributed by atoms with Gasteiger partial charge in [0, 0.05) is 4.47 Å². The van der Waals surface area contributed by atoms with Crippen LogP contribution in [0.4, 0.5) is 5.69 Å². The summed E-state index contributed by atoms with van der Waals surface area (Å²) in [5.41, 5.74) is 2.65. The first-order chi connectivity index (χ1) is 9.95. The fraction of sp³-hybridized carbons (Fsp3) is 0.188. The van der Waals surface area contributed by atoms with E-state index >= 15 is 0 Å². The maximum Gasteiger partial charge on any atom is 0.262 e. The summed E-state index contributed by atoms with van der Waals surface area (Å²) in [6, 6.07) is 11.2. The fourth-order valence-corrected chi connectivity index (χ4v) is 2.50. The average molecular weight is 369 g/mol. The molecule has 0 spiro atoms. The van der Waals surface area contributed by atoms with Gasteiger partial charge in [-0.2, -0.15) is 0 Å². The standard InChI is InChI=1S/C16H15BrClNO2/c1-10-3-4-11(2)15(7-10)21-9-16(20)19-14-6-5-12(17)8-13(14)18/h3-8H,9H2,1-2H3,(H,19,20). The summed E-state index contributed by atoms with van der Waals surface area (Å²) in [6.45, 7) is 3.86. The van der Waals surface area contributed by atoms with Crippen molar-refractivity contribution in [3.8, 4) is 5.75 Å². The molecule has 0 atom stereocenters. The molecule has 0 heterocycles. The van der Waals surface area contributed by atoms with Gasteiger partial charge < -0.3 is 10.1 Å². The van der Waals surface area contributed by atoms with Crippen molar-refractivity contribution in [3.63, 3.8) is 0 Å². The van der Waals surface area contributed by atoms with Gasteiger partial charge in [0.15, 0.2) is 6.61 Å². The summed E-state index contributed by atoms with van der Waals surface area (Å²) in [4.78, 5) is 11.9. The SMILES string of the molecule is Cc1ccc(C)c(OCC(=O)Nc2ccc(Br)cc2Cl)c1. The normalized spacial score (nSPS) is 10.3. The van der Waals surface area contributed by atoms with E-state index in [-0.39, 0.29) is 12.5 Å². The largest absolute Gasteiger partial charge is 0.483 e. The minimum Gasteiger partial charge on any atom is -0.483 e. The molecule has 0 aliphatic rings. The highest BCUT2D eigenvalue weighted by Gasteiger charge is 2.08. The number of benzene rings is 2. The second-order valence-corrected chi connectivity index (χ2v) is 6.05. The minimum absolute atomic E-state index is 0.0588. The van der Waals surface area contributed by atoms with E-state index < -0.39 is 0 Å². The molecule has 110 valence electrons. The van der Waals surface area contributed by atoms with Gasteiger partial charge in [-0.1, -0.05) is 39.7 Å². The topological polar surface area (TPSA) is 38.3 Å². The number of rotatable bonds is 4. The van der Waals surface area contributed by atoms with Crippen LogP contribution in [0.1, 0.15) is 11.1 Å². The molecule has 21 heavy (non-hydrogen) atoms. The lowest BCUT2D eigenvalue weighted by atomic mass is 10.1. The minimum atomic E-state index is -0.250. The van der Waals surface area contributed by atoms with Crippen LogP contribution in [0.15, 0.2) is 40.9 Å². The summed E-state index contributed by atoms with van der Waals surface area (Å²) in [5, 5.41) is 3.20. The highest BCUT2D eigenvalue weighted by Crippen LogP contribution is 2.25. The maximum absolute atomic E-state index is 11.9. The van der Waals surface area contributed by atoms with Gasteiger partial charge in [-0.25, -0.2) is 0 Å². The quantitative estimate of drug-likeness (QED) is 0.846. The van der Waals surface area contributed by atoms with Gasteiger partial charge in [-0.3, -0.25) is 4.79 Å². The molecule has 0 aliphatic carbocycles. The van der Waals surface area contributed by atoms with Crippen molar-refractivity contribution < 1.29 is 9.53 Å². The zero-order valence-electron chi connectivity index (χ0n) is 11.7. The van der Waals surface area contributed by atoms with Crippen molar-refractivity contribution in [1.29, 1.82) is 0 Å². The van der Waals surface area contributed by atoms with Gasteiger partial charge in [0.1, 0.15) is 5.75 Å². The van der Waals surface area contributed by atoms with Gasteiger partial charge in [0.2, 0.25) is 0 Å². The number of halogens is 2. The maximum atomic E-state index is 11.9. The number of aryl methyl sites for hydroxylation is 2. The van der Waals surface area contributed by atoms with Crippen LogP contribution in [0.25, 0.3) is 0 Å². The second-order valence-electron chi connectivity index (χ2n) is 4.73. The summed E-state index contributed by atoms with van der Waals surface area (Å²) < 4.78 is 6.41. The van der Waals surface area contributed by atoms with Crippen molar-refractivity contribution >= 4 is 39.1 Å². The molecular weight excluding hydrogens is 354 g/mol. The molecule has 0 fully saturated rings. The first-order valence-corrected chi connectivity index (χ1v) is 7.58. The molecule has 3 nitrogen and oxygen atoms in total. The smallest absolute Gasteiger partial charge is 0.262 e. The van der Waals surface area contributed by atoms with Gasteiger partial charge in [-0.15, -0.1) is 0 Å². The van der Waals surface area contributed by atoms with Crippen LogP contribution in [0.5, 0.6) is 5.75 Å². The highest BCUT2D eigenvalue weighted by atomic mass is 79.9. The molecule has 0 unspecified atom stereocenters. The Balaban J connectivity index is 1.97. The third-order valence-electron chi connectivity index (χ3n) is 2.91. The zero-order valence-corrected chi connectivity index (χ0v) is 14.1. The van der Waals surface area contributed by atoms with Crippen molar-refractivity contribution in [2.75, 3.05) is 11.9 Å². The number of nitrogens with one attached hydrogen (secondary N) is 1. The van der Waals surface area contributed by atoms with Crippen LogP contribution in [0.3, 0.4) is 0 Å². The number of carbonyl (C=O) groups is 1. The molecule has 2 aromatic rings. The lowest BCUT2D eigenvalue weighted by Gasteiger charge is -2.11. The third-order valence-corrected chi connectivity index (χ3v) is 3.71. The number of ether oxygens (including phenoxy) is 1. The summed E-state index contributed by atoms with van der Waals surface area (Å²) in [5.74, 6) is 0.465. The number of hydrogen-bond donors (Lipinski definition) is 1. The van der Waals surface area contributed by atoms with E-state index in [1.807, 2.05) is 38.1 Å². The molecule has 0 radical (unpaired) electrons. The monoisotopic (exact) mass is 367 g/mol. The Morgan fingerprint density at radius 1 is 1.24 bits per heavy atom. The van der Waals surface area contributed by atoms with E-state index in [9.17, 15) is 4.79 Å². The Kier molecular flexibility index (Phi) is 5.26. The van der Waals surface area contributed by atoms with E-state index in [1.54, 1.807) is 12.1 Å². The first kappa shape index (κ1) is 15.9. The van der Waals surface area contributed by atoms with Crippen molar-refractivity contribution in [3.05, 3.63) is 57.0 Å². The van der Waals surface area contributed by atoms with Crippen LogP contribution in [0.2, 0.25) is 5.02 Å². The van der Waals surface area contributed by atoms with Crippen LogP contribution < -0.4 is 10.1 Å². The molecule has 1 N–H and O–H groups in total. The Bertz CT molecular complexity index is 673. The van der Waals surface area contributed by atoms with Gasteiger partial charge >= 0.3 is 0 Å². The lowest BCUT2D eigenvalue weighted by molar-refractivity contribution is -0.118. The molecular formula is C16H15BrClNO2. The molecule has 0 bridgehead atoms. The molecule has 1 amide bonds. The molecule has 0 saturated heterocycles. The molecule has 0 aromatic heterocycles. The number of hydrogen-bond acceptors (Lipinski definition) is 2. The number of anilines is 1. The Hall–Kier alpha value is -1.52. The van der Waals surface area contributed by atoms with Gasteiger partial charge in [0.25, 0.3) is 5.91 Å². The number of amides is 1. The van der Waals surface area contributed by atoms with Crippen molar-refractivity contribution in [1.82, 2.24) is 0 Å². The van der Waals surface area contributed by atoms with Crippen molar-refractivity contribution in [2.24, 2.45) is 0 Å². The predicted molar refractivity (Wildman–Crippen MR) is 89.2 cm³/mol. The summed E-state index contributed by atoms with van der Waals surface area (Å²) in [7, 11) is 0. The zero-order chi connectivity index (χ0) is 15.4. The van der Waals surface area contributed by atoms with Gasteiger partial charge in [-0.05, 0) is 49.2 Å². The van der Waals surface area contributed by atoms with E-state index in [0.29, 0.717) is 16.5 Å². The van der Waals surface area contributed by atoms with Gasteiger partial charge in [0.05, 0.1) is 10.7 Å². The Morgan fingerprint density at radius 2 is 2.00 bits per heavy atom. The highest BCUT2D eigenvalue weighted by molar-refractivity contribution is 9.10. The molecule has 2 rings (SSSR count). The molecule has 0 saturated carbocycles. The lowest BCUT2D eigenvalue weighted by Crippen LogP contribution is -2.20. The molecule has 2 aromatic carbocycles. The third kappa shape index (κ3) is 4.48. The van der Waals surface area contributed by atoms with E-state index in [2.05, 4.69) is 21.2 Å². The summed E-state index contributed by atoms with van der Waals surface area (Å²) >= 11 is 9.37. The van der Waals surface area contributed by atoms with E-state index in [1.165, 1.54) is 0 Å². The average Bonchev–Trinajstić information content (AvgIpc) is 2.43. The summed E-state index contributed by atoms with van der Waals surface area (Å²) in [6.07, 6.45) is 0. The fourth-order valence-electron chi connectivity index (χ4n) is 1.78. The first-order valence-electron chi connectivity index (χ1n) is 6.40. The van der Waals surface area contributed by atoms with Crippen molar-refractivity contribution in [2.45, 2.75) is 13.8 Å². The van der Waals surface area contributed by atoms with Crippen LogP contribution in [0, 0.1) is 13.8 Å². The Labute approximate surface area is 137 Å². The van der Waals surface area contributed by atoms with Crippen LogP contribution in [-0.4, -0.2) is 12.5 Å². The van der Waals surface area contributed by atoms with E-state index in [4.69, 9.17) is 16.3 Å². The van der Waals surface area contributed by atoms with E-state index in [0.717, 1.165) is 15.6 Å². The van der Waals surface area contributed by atoms with Crippen LogP contribution in [-0.2, 0) is 4.79 Å². The predicted octanol–water partition coefficient (Wildman–Crippen LogP) is 4.74. The van der Waals surface area contributed by atoms with Crippen LogP contribution >= 0.6 is 27.5 Å².